The second-order valence-corrected chi connectivity index (χ2v) is 13.0. The predicted octanol–water partition coefficient (Wildman–Crippen LogP) is 10.7. The first-order chi connectivity index (χ1) is 25.8. The molecule has 11 rings (SSSR count). The monoisotopic (exact) mass is 665 g/mol. The highest BCUT2D eigenvalue weighted by Gasteiger charge is 2.25. The number of nitrogens with zero attached hydrogens (tertiary/aromatic N) is 7. The standard InChI is InChI=1S/C45H27N7/c1-3-11-29(12-4-1)43-48-44(30-13-5-2-6-14-30)50-45(49-43)51-24-22-35-39-31(15-9-19-37(39)51)26-38-40(35)34-17-7-8-18-36(34)52(38)33-25-32-21-20-28-16-10-23-46-41(28)42(32)47-27-33/h1-27H. The molecule has 0 radical (unpaired) electrons. The van der Waals surface area contributed by atoms with Gasteiger partial charge in [-0.15, -0.1) is 0 Å². The molecule has 0 unspecified atom stereocenters. The number of pyridine rings is 2. The average molecular weight is 666 g/mol. The van der Waals surface area contributed by atoms with E-state index in [1.807, 2.05) is 79.1 Å². The Balaban J connectivity index is 1.13. The van der Waals surface area contributed by atoms with Gasteiger partial charge >= 0.3 is 0 Å². The van der Waals surface area contributed by atoms with Crippen molar-refractivity contribution in [2.45, 2.75) is 0 Å². The number of fused-ring (bicyclic) bond motifs is 7. The van der Waals surface area contributed by atoms with E-state index in [1.54, 1.807) is 0 Å². The van der Waals surface area contributed by atoms with Crippen molar-refractivity contribution in [2.75, 3.05) is 4.90 Å². The first-order valence-electron chi connectivity index (χ1n) is 17.3. The number of rotatable bonds is 4. The van der Waals surface area contributed by atoms with Crippen molar-refractivity contribution in [1.29, 1.82) is 0 Å². The third-order valence-electron chi connectivity index (χ3n) is 10.0. The Labute approximate surface area is 297 Å². The minimum absolute atomic E-state index is 0.564. The van der Waals surface area contributed by atoms with Crippen LogP contribution in [0.25, 0.3) is 88.9 Å². The summed E-state index contributed by atoms with van der Waals surface area (Å²) in [5, 5.41) is 6.79. The minimum Gasteiger partial charge on any atom is -0.308 e. The van der Waals surface area contributed by atoms with Crippen LogP contribution in [0.1, 0.15) is 5.56 Å². The average Bonchev–Trinajstić information content (AvgIpc) is 3.55. The predicted molar refractivity (Wildman–Crippen MR) is 211 cm³/mol. The van der Waals surface area contributed by atoms with Gasteiger partial charge in [-0.3, -0.25) is 14.9 Å². The fraction of sp³-hybridized carbons (Fsp3) is 0. The molecular formula is C45H27N7. The van der Waals surface area contributed by atoms with E-state index in [4.69, 9.17) is 19.9 Å². The van der Waals surface area contributed by atoms with Crippen LogP contribution in [0.15, 0.2) is 158 Å². The van der Waals surface area contributed by atoms with Gasteiger partial charge in [-0.25, -0.2) is 4.98 Å². The summed E-state index contributed by atoms with van der Waals surface area (Å²) in [7, 11) is 0. The van der Waals surface area contributed by atoms with Crippen LogP contribution in [0, 0.1) is 0 Å². The number of hydrogen-bond donors (Lipinski definition) is 0. The molecule has 7 nitrogen and oxygen atoms in total. The lowest BCUT2D eigenvalue weighted by Gasteiger charge is -2.26. The first kappa shape index (κ1) is 28.6. The smallest absolute Gasteiger partial charge is 0.238 e. The normalized spacial score (nSPS) is 12.5. The van der Waals surface area contributed by atoms with Gasteiger partial charge in [-0.05, 0) is 47.4 Å². The van der Waals surface area contributed by atoms with Gasteiger partial charge in [0.15, 0.2) is 11.6 Å². The van der Waals surface area contributed by atoms with Crippen molar-refractivity contribution >= 4 is 72.1 Å². The fourth-order valence-electron chi connectivity index (χ4n) is 7.72. The molecule has 242 valence electrons. The van der Waals surface area contributed by atoms with Gasteiger partial charge in [-0.1, -0.05) is 109 Å². The lowest BCUT2D eigenvalue weighted by Crippen LogP contribution is -2.16. The highest BCUT2D eigenvalue weighted by molar-refractivity contribution is 6.22. The van der Waals surface area contributed by atoms with Gasteiger partial charge < -0.3 is 4.57 Å². The van der Waals surface area contributed by atoms with E-state index >= 15 is 0 Å². The van der Waals surface area contributed by atoms with Gasteiger partial charge in [0.25, 0.3) is 0 Å². The van der Waals surface area contributed by atoms with E-state index in [-0.39, 0.29) is 0 Å². The van der Waals surface area contributed by atoms with Gasteiger partial charge in [-0.2, -0.15) is 9.97 Å². The Bertz CT molecular complexity index is 3020. The maximum Gasteiger partial charge on any atom is 0.238 e. The van der Waals surface area contributed by atoms with Crippen LogP contribution < -0.4 is 4.90 Å². The van der Waals surface area contributed by atoms with Crippen molar-refractivity contribution in [3.8, 4) is 28.5 Å². The third kappa shape index (κ3) is 4.29. The molecule has 10 aromatic rings. The summed E-state index contributed by atoms with van der Waals surface area (Å²) in [5.74, 6) is 1.82. The fourth-order valence-corrected chi connectivity index (χ4v) is 7.72. The second kappa shape index (κ2) is 11.1. The highest BCUT2D eigenvalue weighted by atomic mass is 15.3. The molecule has 52 heavy (non-hydrogen) atoms. The third-order valence-corrected chi connectivity index (χ3v) is 10.0. The molecule has 1 aliphatic heterocycles. The Morgan fingerprint density at radius 1 is 0.500 bits per heavy atom. The molecule has 4 aromatic heterocycles. The summed E-state index contributed by atoms with van der Waals surface area (Å²) in [4.78, 5) is 26.7. The van der Waals surface area contributed by atoms with Crippen LogP contribution in [-0.4, -0.2) is 29.5 Å². The van der Waals surface area contributed by atoms with Gasteiger partial charge in [0.1, 0.15) is 0 Å². The zero-order valence-electron chi connectivity index (χ0n) is 27.7. The lowest BCUT2D eigenvalue weighted by molar-refractivity contribution is 1.02. The molecule has 0 bridgehead atoms. The summed E-state index contributed by atoms with van der Waals surface area (Å²) in [6.07, 6.45) is 8.10. The lowest BCUT2D eigenvalue weighted by atomic mass is 9.95. The molecule has 0 aliphatic carbocycles. The number of anilines is 2. The van der Waals surface area contributed by atoms with E-state index in [0.29, 0.717) is 17.6 Å². The molecule has 0 atom stereocenters. The number of para-hydroxylation sites is 1. The Kier molecular flexibility index (Phi) is 6.12. The molecule has 0 saturated carbocycles. The topological polar surface area (TPSA) is 72.6 Å². The molecule has 6 aromatic carbocycles. The minimum atomic E-state index is 0.564. The zero-order chi connectivity index (χ0) is 34.2. The van der Waals surface area contributed by atoms with Crippen molar-refractivity contribution in [3.05, 3.63) is 164 Å². The highest BCUT2D eigenvalue weighted by Crippen LogP contribution is 2.45. The van der Waals surface area contributed by atoms with E-state index in [2.05, 4.69) is 99.5 Å². The molecule has 0 saturated heterocycles. The Hall–Kier alpha value is -7.25. The zero-order valence-corrected chi connectivity index (χ0v) is 27.7. The maximum atomic E-state index is 5.05. The summed E-state index contributed by atoms with van der Waals surface area (Å²) >= 11 is 0. The number of benzene rings is 6. The maximum absolute atomic E-state index is 5.05. The van der Waals surface area contributed by atoms with Gasteiger partial charge in [0.05, 0.1) is 39.6 Å². The summed E-state index contributed by atoms with van der Waals surface area (Å²) in [6.45, 7) is 0. The summed E-state index contributed by atoms with van der Waals surface area (Å²) in [5.41, 5.74) is 9.12. The molecule has 7 heteroatoms. The summed E-state index contributed by atoms with van der Waals surface area (Å²) < 4.78 is 2.34. The van der Waals surface area contributed by atoms with E-state index in [9.17, 15) is 0 Å². The molecule has 5 heterocycles. The van der Waals surface area contributed by atoms with Crippen LogP contribution in [0.2, 0.25) is 0 Å². The first-order valence-corrected chi connectivity index (χ1v) is 17.3. The van der Waals surface area contributed by atoms with Gasteiger partial charge in [0, 0.05) is 50.5 Å². The SMILES string of the molecule is C1=CN(c2nc(-c3ccccc3)nc(-c3ccccc3)n2)c2cccc3cc4c(c1c23)c1ccccc1n4-c1cnc2c(ccc3cccnc32)c1. The largest absolute Gasteiger partial charge is 0.308 e. The molecule has 0 amide bonds. The van der Waals surface area contributed by atoms with Crippen LogP contribution in [0.5, 0.6) is 0 Å². The molecule has 0 N–H and O–H groups in total. The van der Waals surface area contributed by atoms with Crippen molar-refractivity contribution in [2.24, 2.45) is 0 Å². The summed E-state index contributed by atoms with van der Waals surface area (Å²) in [6, 6.07) is 48.1. The van der Waals surface area contributed by atoms with Crippen molar-refractivity contribution in [1.82, 2.24) is 29.5 Å². The quantitative estimate of drug-likeness (QED) is 0.174. The molecule has 1 aliphatic rings. The Morgan fingerprint density at radius 2 is 1.21 bits per heavy atom. The van der Waals surface area contributed by atoms with Gasteiger partial charge in [0.2, 0.25) is 5.95 Å². The second-order valence-electron chi connectivity index (χ2n) is 13.0. The van der Waals surface area contributed by atoms with Crippen molar-refractivity contribution < 1.29 is 0 Å². The van der Waals surface area contributed by atoms with E-state index in [1.165, 1.54) is 16.3 Å². The van der Waals surface area contributed by atoms with Crippen LogP contribution in [-0.2, 0) is 0 Å². The molecular weight excluding hydrogens is 639 g/mol. The number of hydrogen-bond acceptors (Lipinski definition) is 6. The van der Waals surface area contributed by atoms with E-state index < -0.39 is 0 Å². The van der Waals surface area contributed by atoms with E-state index in [0.717, 1.165) is 66.1 Å². The molecule has 0 fully saturated rings. The van der Waals surface area contributed by atoms with Crippen molar-refractivity contribution in [3.63, 3.8) is 0 Å². The number of aromatic nitrogens is 6. The molecule has 0 spiro atoms. The van der Waals surface area contributed by atoms with Crippen LogP contribution in [0.3, 0.4) is 0 Å². The van der Waals surface area contributed by atoms with Crippen LogP contribution >= 0.6 is 0 Å². The van der Waals surface area contributed by atoms with Crippen LogP contribution in [0.4, 0.5) is 11.6 Å². The Morgan fingerprint density at radius 3 is 2.02 bits per heavy atom.